The fraction of sp³-hybridized carbons (Fsp3) is 0.933. The van der Waals surface area contributed by atoms with Gasteiger partial charge in [0.15, 0.2) is 5.96 Å². The maximum absolute atomic E-state index is 4.26. The van der Waals surface area contributed by atoms with Gasteiger partial charge in [-0.3, -0.25) is 4.99 Å². The zero-order chi connectivity index (χ0) is 14.8. The first-order chi connectivity index (χ1) is 9.65. The molecule has 6 heteroatoms. The second-order valence-electron chi connectivity index (χ2n) is 5.80. The standard InChI is InChI=1S/C15H33N5.HI/c1-5-14(2)18-15(16-3)17-8-6-10-20-11-7-9-19(4)12-13-20;/h14H,5-13H2,1-4H3,(H2,16,17,18);1H. The SMILES string of the molecule is CCC(C)NC(=NC)NCCCN1CCCN(C)CC1.I. The second kappa shape index (κ2) is 12.5. The number of hydrogen-bond acceptors (Lipinski definition) is 3. The van der Waals surface area contributed by atoms with Crippen LogP contribution in [0.1, 0.15) is 33.1 Å². The Morgan fingerprint density at radius 2 is 2.00 bits per heavy atom. The van der Waals surface area contributed by atoms with E-state index in [4.69, 9.17) is 0 Å². The van der Waals surface area contributed by atoms with Gasteiger partial charge in [0, 0.05) is 32.7 Å². The summed E-state index contributed by atoms with van der Waals surface area (Å²) in [5, 5.41) is 6.79. The van der Waals surface area contributed by atoms with Crippen LogP contribution in [-0.2, 0) is 0 Å². The quantitative estimate of drug-likeness (QED) is 0.302. The van der Waals surface area contributed by atoms with Crippen LogP contribution in [0.2, 0.25) is 0 Å². The molecule has 1 aliphatic rings. The molecule has 1 fully saturated rings. The summed E-state index contributed by atoms with van der Waals surface area (Å²) in [7, 11) is 4.05. The Morgan fingerprint density at radius 3 is 2.67 bits per heavy atom. The van der Waals surface area contributed by atoms with Crippen molar-refractivity contribution in [2.24, 2.45) is 4.99 Å². The largest absolute Gasteiger partial charge is 0.356 e. The highest BCUT2D eigenvalue weighted by Crippen LogP contribution is 2.01. The Hall–Kier alpha value is -0.0800. The average molecular weight is 411 g/mol. The van der Waals surface area contributed by atoms with Gasteiger partial charge in [0.1, 0.15) is 0 Å². The van der Waals surface area contributed by atoms with E-state index in [1.54, 1.807) is 0 Å². The van der Waals surface area contributed by atoms with Gasteiger partial charge < -0.3 is 20.4 Å². The molecular formula is C15H34IN5. The summed E-state index contributed by atoms with van der Waals surface area (Å²) >= 11 is 0. The molecule has 126 valence electrons. The van der Waals surface area contributed by atoms with Gasteiger partial charge in [0.05, 0.1) is 0 Å². The van der Waals surface area contributed by atoms with Gasteiger partial charge in [0.25, 0.3) is 0 Å². The number of guanidine groups is 1. The summed E-state index contributed by atoms with van der Waals surface area (Å²) in [5.41, 5.74) is 0. The van der Waals surface area contributed by atoms with E-state index in [1.807, 2.05) is 7.05 Å². The summed E-state index contributed by atoms with van der Waals surface area (Å²) in [4.78, 5) is 9.27. The van der Waals surface area contributed by atoms with Crippen LogP contribution in [0.3, 0.4) is 0 Å². The molecule has 21 heavy (non-hydrogen) atoms. The number of hydrogen-bond donors (Lipinski definition) is 2. The fourth-order valence-corrected chi connectivity index (χ4v) is 2.36. The van der Waals surface area contributed by atoms with Crippen molar-refractivity contribution >= 4 is 29.9 Å². The van der Waals surface area contributed by atoms with E-state index in [0.29, 0.717) is 6.04 Å². The lowest BCUT2D eigenvalue weighted by molar-refractivity contribution is 0.274. The minimum absolute atomic E-state index is 0. The van der Waals surface area contributed by atoms with E-state index in [1.165, 1.54) is 45.6 Å². The molecule has 1 aliphatic heterocycles. The molecule has 0 aliphatic carbocycles. The van der Waals surface area contributed by atoms with Gasteiger partial charge in [-0.05, 0) is 52.9 Å². The summed E-state index contributed by atoms with van der Waals surface area (Å²) in [6.07, 6.45) is 3.58. The highest BCUT2D eigenvalue weighted by atomic mass is 127. The number of halogens is 1. The first-order valence-corrected chi connectivity index (χ1v) is 8.03. The highest BCUT2D eigenvalue weighted by molar-refractivity contribution is 14.0. The van der Waals surface area contributed by atoms with Crippen LogP contribution in [0.25, 0.3) is 0 Å². The molecule has 2 N–H and O–H groups in total. The molecular weight excluding hydrogens is 377 g/mol. The van der Waals surface area contributed by atoms with E-state index < -0.39 is 0 Å². The minimum atomic E-state index is 0. The van der Waals surface area contributed by atoms with Crippen LogP contribution in [0, 0.1) is 0 Å². The van der Waals surface area contributed by atoms with Crippen LogP contribution < -0.4 is 10.6 Å². The van der Waals surface area contributed by atoms with Crippen molar-refractivity contribution in [3.8, 4) is 0 Å². The number of rotatable bonds is 6. The van der Waals surface area contributed by atoms with Gasteiger partial charge in [0.2, 0.25) is 0 Å². The third-order valence-electron chi connectivity index (χ3n) is 3.97. The Bertz CT molecular complexity index is 285. The van der Waals surface area contributed by atoms with Crippen LogP contribution in [-0.4, -0.2) is 75.2 Å². The normalized spacial score (nSPS) is 19.5. The van der Waals surface area contributed by atoms with Gasteiger partial charge in [-0.25, -0.2) is 0 Å². The molecule has 1 rings (SSSR count). The smallest absolute Gasteiger partial charge is 0.191 e. The van der Waals surface area contributed by atoms with Crippen molar-refractivity contribution in [2.75, 3.05) is 53.4 Å². The monoisotopic (exact) mass is 411 g/mol. The van der Waals surface area contributed by atoms with Gasteiger partial charge in [-0.2, -0.15) is 0 Å². The Kier molecular flexibility index (Phi) is 12.4. The maximum atomic E-state index is 4.26. The molecule has 1 saturated heterocycles. The fourth-order valence-electron chi connectivity index (χ4n) is 2.36. The minimum Gasteiger partial charge on any atom is -0.356 e. The lowest BCUT2D eigenvalue weighted by atomic mass is 10.3. The number of likely N-dealkylation sites (N-methyl/N-ethyl adjacent to an activating group) is 1. The van der Waals surface area contributed by atoms with Crippen LogP contribution in [0.4, 0.5) is 0 Å². The molecule has 0 aromatic heterocycles. The first kappa shape index (κ1) is 20.9. The Morgan fingerprint density at radius 1 is 1.24 bits per heavy atom. The predicted octanol–water partition coefficient (Wildman–Crippen LogP) is 1.60. The van der Waals surface area contributed by atoms with E-state index in [0.717, 1.165) is 18.9 Å². The van der Waals surface area contributed by atoms with E-state index in [-0.39, 0.29) is 24.0 Å². The van der Waals surface area contributed by atoms with Crippen molar-refractivity contribution in [2.45, 2.75) is 39.2 Å². The molecule has 1 heterocycles. The van der Waals surface area contributed by atoms with Crippen molar-refractivity contribution in [1.82, 2.24) is 20.4 Å². The van der Waals surface area contributed by atoms with Crippen molar-refractivity contribution in [3.63, 3.8) is 0 Å². The summed E-state index contributed by atoms with van der Waals surface area (Å²) in [6, 6.07) is 0.474. The number of nitrogens with one attached hydrogen (secondary N) is 2. The van der Waals surface area contributed by atoms with Crippen molar-refractivity contribution < 1.29 is 0 Å². The molecule has 0 aromatic carbocycles. The molecule has 0 bridgehead atoms. The van der Waals surface area contributed by atoms with E-state index in [2.05, 4.69) is 46.3 Å². The molecule has 5 nitrogen and oxygen atoms in total. The molecule has 0 aromatic rings. The molecule has 0 spiro atoms. The summed E-state index contributed by atoms with van der Waals surface area (Å²) in [5.74, 6) is 0.926. The molecule has 1 unspecified atom stereocenters. The van der Waals surface area contributed by atoms with Crippen LogP contribution in [0.5, 0.6) is 0 Å². The highest BCUT2D eigenvalue weighted by Gasteiger charge is 2.11. The zero-order valence-electron chi connectivity index (χ0n) is 14.2. The maximum Gasteiger partial charge on any atom is 0.191 e. The van der Waals surface area contributed by atoms with Gasteiger partial charge in [-0.15, -0.1) is 24.0 Å². The summed E-state index contributed by atoms with van der Waals surface area (Å²) < 4.78 is 0. The third-order valence-corrected chi connectivity index (χ3v) is 3.97. The van der Waals surface area contributed by atoms with Crippen molar-refractivity contribution in [3.05, 3.63) is 0 Å². The molecule has 0 amide bonds. The first-order valence-electron chi connectivity index (χ1n) is 8.03. The predicted molar refractivity (Wildman–Crippen MR) is 103 cm³/mol. The molecule has 0 saturated carbocycles. The van der Waals surface area contributed by atoms with Crippen molar-refractivity contribution in [1.29, 1.82) is 0 Å². The molecule has 0 radical (unpaired) electrons. The topological polar surface area (TPSA) is 42.9 Å². The number of aliphatic imine (C=N–C) groups is 1. The lowest BCUT2D eigenvalue weighted by Gasteiger charge is -2.21. The zero-order valence-corrected chi connectivity index (χ0v) is 16.5. The second-order valence-corrected chi connectivity index (χ2v) is 5.80. The van der Waals surface area contributed by atoms with Gasteiger partial charge >= 0.3 is 0 Å². The van der Waals surface area contributed by atoms with Crippen LogP contribution in [0.15, 0.2) is 4.99 Å². The molecule has 1 atom stereocenters. The Balaban J connectivity index is 0.00000400. The lowest BCUT2D eigenvalue weighted by Crippen LogP contribution is -2.43. The number of nitrogens with zero attached hydrogens (tertiary/aromatic N) is 3. The van der Waals surface area contributed by atoms with Crippen LogP contribution >= 0.6 is 24.0 Å². The third kappa shape index (κ3) is 9.52. The van der Waals surface area contributed by atoms with E-state index in [9.17, 15) is 0 Å². The summed E-state index contributed by atoms with van der Waals surface area (Å²) in [6.45, 7) is 11.4. The average Bonchev–Trinajstić information content (AvgIpc) is 2.66. The van der Waals surface area contributed by atoms with Gasteiger partial charge in [-0.1, -0.05) is 6.92 Å². The van der Waals surface area contributed by atoms with E-state index >= 15 is 0 Å². The Labute approximate surface area is 148 Å².